The van der Waals surface area contributed by atoms with Crippen molar-refractivity contribution in [1.82, 2.24) is 5.32 Å². The van der Waals surface area contributed by atoms with E-state index in [1.54, 1.807) is 26.1 Å². The van der Waals surface area contributed by atoms with Gasteiger partial charge in [0.2, 0.25) is 0 Å². The van der Waals surface area contributed by atoms with E-state index in [-0.39, 0.29) is 0 Å². The molecule has 3 amide bonds. The van der Waals surface area contributed by atoms with Crippen LogP contribution in [0.5, 0.6) is 0 Å². The second-order valence-corrected chi connectivity index (χ2v) is 3.70. The molecule has 0 aliphatic heterocycles. The van der Waals surface area contributed by atoms with Crippen LogP contribution in [0, 0.1) is 20.8 Å². The second kappa shape index (κ2) is 5.35. The summed E-state index contributed by atoms with van der Waals surface area (Å²) in [5, 5.41) is 1.78. The molecule has 7 nitrogen and oxygen atoms in total. The first-order valence-corrected chi connectivity index (χ1v) is 5.16. The minimum atomic E-state index is -0.998. The van der Waals surface area contributed by atoms with E-state index in [1.807, 2.05) is 0 Å². The Morgan fingerprint density at radius 2 is 1.83 bits per heavy atom. The summed E-state index contributed by atoms with van der Waals surface area (Å²) < 4.78 is 10.0. The molecule has 0 saturated carbocycles. The molecule has 0 unspecified atom stereocenters. The first-order chi connectivity index (χ1) is 8.32. The largest absolute Gasteiger partial charge is 0.465 e. The van der Waals surface area contributed by atoms with E-state index in [4.69, 9.17) is 14.9 Å². The summed E-state index contributed by atoms with van der Waals surface area (Å²) in [5.41, 5.74) is 5.69. The quantitative estimate of drug-likeness (QED) is 0.765. The molecule has 1 rings (SSSR count). The molecule has 0 aliphatic rings. The Balaban J connectivity index is 2.66. The fraction of sp³-hybridized carbons (Fsp3) is 0.364. The number of furan rings is 1. The fourth-order valence-corrected chi connectivity index (χ4v) is 1.47. The lowest BCUT2D eigenvalue weighted by Gasteiger charge is -2.04. The van der Waals surface area contributed by atoms with Gasteiger partial charge < -0.3 is 14.9 Å². The number of nitrogens with two attached hydrogens (primary N) is 1. The Labute approximate surface area is 103 Å². The van der Waals surface area contributed by atoms with Gasteiger partial charge in [0, 0.05) is 5.56 Å². The minimum Gasteiger partial charge on any atom is -0.465 e. The number of esters is 1. The number of hydrogen-bond acceptors (Lipinski definition) is 5. The van der Waals surface area contributed by atoms with Crippen LogP contribution in [-0.4, -0.2) is 24.5 Å². The highest BCUT2D eigenvalue weighted by molar-refractivity contribution is 5.97. The van der Waals surface area contributed by atoms with Gasteiger partial charge in [-0.1, -0.05) is 0 Å². The van der Waals surface area contributed by atoms with Gasteiger partial charge in [-0.15, -0.1) is 0 Å². The molecule has 0 bridgehead atoms. The number of amides is 3. The average molecular weight is 254 g/mol. The van der Waals surface area contributed by atoms with Crippen LogP contribution in [0.25, 0.3) is 0 Å². The van der Waals surface area contributed by atoms with Crippen LogP contribution < -0.4 is 11.1 Å². The molecule has 0 atom stereocenters. The second-order valence-electron chi connectivity index (χ2n) is 3.70. The normalized spacial score (nSPS) is 9.94. The summed E-state index contributed by atoms with van der Waals surface area (Å²) in [4.78, 5) is 33.1. The molecule has 98 valence electrons. The van der Waals surface area contributed by atoms with Gasteiger partial charge >= 0.3 is 12.0 Å². The maximum atomic E-state index is 11.7. The SMILES string of the molecule is Cc1oc(C)c(C(=O)OCC(=O)NC(N)=O)c1C. The molecule has 1 aromatic heterocycles. The third-order valence-electron chi connectivity index (χ3n) is 2.36. The first-order valence-electron chi connectivity index (χ1n) is 5.16. The van der Waals surface area contributed by atoms with Gasteiger partial charge in [-0.25, -0.2) is 9.59 Å². The molecule has 1 heterocycles. The Morgan fingerprint density at radius 1 is 1.22 bits per heavy atom. The summed E-state index contributed by atoms with van der Waals surface area (Å²) in [6.45, 7) is 4.48. The molecule has 7 heteroatoms. The lowest BCUT2D eigenvalue weighted by Crippen LogP contribution is -2.37. The number of rotatable bonds is 3. The van der Waals surface area contributed by atoms with Gasteiger partial charge in [-0.2, -0.15) is 0 Å². The van der Waals surface area contributed by atoms with Crippen molar-refractivity contribution in [2.45, 2.75) is 20.8 Å². The highest BCUT2D eigenvalue weighted by Gasteiger charge is 2.20. The van der Waals surface area contributed by atoms with E-state index < -0.39 is 24.5 Å². The minimum absolute atomic E-state index is 0.291. The van der Waals surface area contributed by atoms with Crippen molar-refractivity contribution in [3.8, 4) is 0 Å². The van der Waals surface area contributed by atoms with Gasteiger partial charge in [0.1, 0.15) is 17.1 Å². The molecule has 0 fully saturated rings. The topological polar surface area (TPSA) is 112 Å². The van der Waals surface area contributed by atoms with Crippen molar-refractivity contribution in [1.29, 1.82) is 0 Å². The highest BCUT2D eigenvalue weighted by Crippen LogP contribution is 2.21. The van der Waals surface area contributed by atoms with Crippen LogP contribution in [0.3, 0.4) is 0 Å². The summed E-state index contributed by atoms with van der Waals surface area (Å²) >= 11 is 0. The predicted octanol–water partition coefficient (Wildman–Crippen LogP) is 0.557. The van der Waals surface area contributed by atoms with Gasteiger partial charge in [0.05, 0.1) is 0 Å². The Kier molecular flexibility index (Phi) is 4.09. The third-order valence-corrected chi connectivity index (χ3v) is 2.36. The van der Waals surface area contributed by atoms with Crippen molar-refractivity contribution < 1.29 is 23.5 Å². The maximum Gasteiger partial charge on any atom is 0.342 e. The van der Waals surface area contributed by atoms with Gasteiger partial charge in [-0.05, 0) is 20.8 Å². The number of nitrogens with one attached hydrogen (secondary N) is 1. The highest BCUT2D eigenvalue weighted by atomic mass is 16.5. The van der Waals surface area contributed by atoms with E-state index in [0.29, 0.717) is 22.6 Å². The van der Waals surface area contributed by atoms with Crippen molar-refractivity contribution in [2.24, 2.45) is 5.73 Å². The van der Waals surface area contributed by atoms with Crippen LogP contribution in [0.1, 0.15) is 27.4 Å². The van der Waals surface area contributed by atoms with E-state index in [0.717, 1.165) is 0 Å². The number of aryl methyl sites for hydroxylation is 2. The Hall–Kier alpha value is -2.31. The van der Waals surface area contributed by atoms with Crippen molar-refractivity contribution in [3.05, 3.63) is 22.6 Å². The lowest BCUT2D eigenvalue weighted by molar-refractivity contribution is -0.123. The van der Waals surface area contributed by atoms with Crippen LogP contribution in [0.15, 0.2) is 4.42 Å². The van der Waals surface area contributed by atoms with Crippen molar-refractivity contribution >= 4 is 17.9 Å². The Morgan fingerprint density at radius 3 is 2.28 bits per heavy atom. The van der Waals surface area contributed by atoms with E-state index in [1.165, 1.54) is 0 Å². The zero-order valence-corrected chi connectivity index (χ0v) is 10.3. The van der Waals surface area contributed by atoms with E-state index in [2.05, 4.69) is 0 Å². The van der Waals surface area contributed by atoms with Crippen LogP contribution in [-0.2, 0) is 9.53 Å². The first kappa shape index (κ1) is 13.8. The smallest absolute Gasteiger partial charge is 0.342 e. The number of carbonyl (C=O) groups excluding carboxylic acids is 3. The number of ether oxygens (including phenoxy) is 1. The molecular weight excluding hydrogens is 240 g/mol. The predicted molar refractivity (Wildman–Crippen MR) is 60.9 cm³/mol. The number of imide groups is 1. The fourth-order valence-electron chi connectivity index (χ4n) is 1.47. The standard InChI is InChI=1S/C11H14N2O5/c1-5-6(2)18-7(3)9(5)10(15)17-4-8(14)13-11(12)16/h4H2,1-3H3,(H3,12,13,14,16). The number of hydrogen-bond donors (Lipinski definition) is 2. The molecule has 1 aromatic rings. The average Bonchev–Trinajstić information content (AvgIpc) is 2.49. The molecule has 0 saturated heterocycles. The van der Waals surface area contributed by atoms with Gasteiger partial charge in [0.25, 0.3) is 5.91 Å². The summed E-state index contributed by atoms with van der Waals surface area (Å²) in [6.07, 6.45) is 0. The van der Waals surface area contributed by atoms with Crippen LogP contribution >= 0.6 is 0 Å². The lowest BCUT2D eigenvalue weighted by atomic mass is 10.1. The number of urea groups is 1. The zero-order chi connectivity index (χ0) is 13.9. The summed E-state index contributed by atoms with van der Waals surface area (Å²) in [5.74, 6) is -0.431. The molecule has 0 radical (unpaired) electrons. The Bertz CT molecular complexity index is 504. The summed E-state index contributed by atoms with van der Waals surface area (Å²) in [7, 11) is 0. The van der Waals surface area contributed by atoms with E-state index in [9.17, 15) is 14.4 Å². The maximum absolute atomic E-state index is 11.7. The van der Waals surface area contributed by atoms with Gasteiger partial charge in [-0.3, -0.25) is 10.1 Å². The van der Waals surface area contributed by atoms with Gasteiger partial charge in [0.15, 0.2) is 6.61 Å². The number of carbonyl (C=O) groups is 3. The zero-order valence-electron chi connectivity index (χ0n) is 10.3. The van der Waals surface area contributed by atoms with Crippen molar-refractivity contribution in [2.75, 3.05) is 6.61 Å². The molecule has 0 spiro atoms. The van der Waals surface area contributed by atoms with Crippen LogP contribution in [0.2, 0.25) is 0 Å². The molecule has 3 N–H and O–H groups in total. The molecule has 18 heavy (non-hydrogen) atoms. The molecular formula is C11H14N2O5. The van der Waals surface area contributed by atoms with Crippen LogP contribution in [0.4, 0.5) is 4.79 Å². The molecule has 0 aliphatic carbocycles. The van der Waals surface area contributed by atoms with Crippen molar-refractivity contribution in [3.63, 3.8) is 0 Å². The third kappa shape index (κ3) is 3.09. The monoisotopic (exact) mass is 254 g/mol. The molecule has 0 aromatic carbocycles. The number of primary amides is 1. The van der Waals surface area contributed by atoms with E-state index >= 15 is 0 Å². The summed E-state index contributed by atoms with van der Waals surface area (Å²) in [6, 6.07) is -0.998.